The van der Waals surface area contributed by atoms with Gasteiger partial charge in [0.25, 0.3) is 0 Å². The monoisotopic (exact) mass is 398 g/mol. The highest BCUT2D eigenvalue weighted by molar-refractivity contribution is 5.89. The number of hydrogen-bond donors (Lipinski definition) is 0. The summed E-state index contributed by atoms with van der Waals surface area (Å²) < 4.78 is 5.14. The number of fused-ring (bicyclic) bond motifs is 5. The second-order valence-corrected chi connectivity index (χ2v) is 10.9. The molecule has 0 unspecified atom stereocenters. The first-order chi connectivity index (χ1) is 13.6. The van der Waals surface area contributed by atoms with Gasteiger partial charge < -0.3 is 4.74 Å². The van der Waals surface area contributed by atoms with Crippen molar-refractivity contribution in [3.8, 4) is 0 Å². The van der Waals surface area contributed by atoms with Crippen molar-refractivity contribution in [2.75, 3.05) is 6.61 Å². The van der Waals surface area contributed by atoms with Crippen LogP contribution in [0, 0.1) is 34.0 Å². The van der Waals surface area contributed by atoms with Crippen molar-refractivity contribution in [1.82, 2.24) is 0 Å². The zero-order valence-electron chi connectivity index (χ0n) is 19.0. The van der Waals surface area contributed by atoms with Gasteiger partial charge in [0.05, 0.1) is 13.0 Å². The Morgan fingerprint density at radius 3 is 2.55 bits per heavy atom. The minimum atomic E-state index is -0.293. The van der Waals surface area contributed by atoms with Crippen molar-refractivity contribution in [2.24, 2.45) is 34.0 Å². The molecule has 160 valence electrons. The van der Waals surface area contributed by atoms with E-state index in [0.29, 0.717) is 36.6 Å². The Labute approximate surface area is 176 Å². The number of ether oxygens (including phenoxy) is 1. The summed E-state index contributed by atoms with van der Waals surface area (Å²) in [7, 11) is 0. The maximum absolute atomic E-state index is 12.6. The van der Waals surface area contributed by atoms with Crippen LogP contribution in [-0.4, -0.2) is 18.4 Å². The van der Waals surface area contributed by atoms with Crippen molar-refractivity contribution in [3.63, 3.8) is 0 Å². The van der Waals surface area contributed by atoms with Crippen LogP contribution in [0.4, 0.5) is 0 Å². The second kappa shape index (κ2) is 7.10. The minimum absolute atomic E-state index is 0.104. The molecule has 0 aromatic carbocycles. The molecule has 0 heterocycles. The Morgan fingerprint density at radius 2 is 1.83 bits per heavy atom. The van der Waals surface area contributed by atoms with Crippen LogP contribution in [0.2, 0.25) is 0 Å². The van der Waals surface area contributed by atoms with Gasteiger partial charge in [0.1, 0.15) is 5.78 Å². The molecule has 4 aliphatic rings. The molecule has 4 rings (SSSR count). The highest BCUT2D eigenvalue weighted by atomic mass is 16.5. The normalized spacial score (nSPS) is 42.0. The molecule has 0 saturated heterocycles. The van der Waals surface area contributed by atoms with Gasteiger partial charge >= 0.3 is 5.97 Å². The lowest BCUT2D eigenvalue weighted by molar-refractivity contribution is -0.142. The molecule has 0 aromatic heterocycles. The molecule has 0 radical (unpaired) electrons. The molecule has 0 bridgehead atoms. The average molecular weight is 399 g/mol. The molecule has 3 fully saturated rings. The van der Waals surface area contributed by atoms with E-state index < -0.39 is 0 Å². The third-order valence-electron chi connectivity index (χ3n) is 9.38. The number of carbonyl (C=O) groups excluding carboxylic acids is 2. The first kappa shape index (κ1) is 20.9. The zero-order valence-corrected chi connectivity index (χ0v) is 19.0. The van der Waals surface area contributed by atoms with Crippen molar-refractivity contribution < 1.29 is 14.3 Å². The molecule has 29 heavy (non-hydrogen) atoms. The third-order valence-corrected chi connectivity index (χ3v) is 9.38. The fourth-order valence-electron chi connectivity index (χ4n) is 7.83. The van der Waals surface area contributed by atoms with Gasteiger partial charge in [0, 0.05) is 11.8 Å². The van der Waals surface area contributed by atoms with Gasteiger partial charge in [-0.15, -0.1) is 0 Å². The number of esters is 1. The molecule has 3 heteroatoms. The van der Waals surface area contributed by atoms with Crippen LogP contribution in [0.25, 0.3) is 0 Å². The standard InChI is InChI=1S/C26H38O3/c1-6-29-23(28)12-8-17-7-10-19-18-9-11-21-24(2,3)22(27)14-16-26(21,5)20(18)13-15-25(17,19)4/h8,11,18-20H,6-7,9-10,12-16H2,1-5H3/t18-,19-,20-,25+,26+/m0/s1. The summed E-state index contributed by atoms with van der Waals surface area (Å²) in [4.78, 5) is 24.5. The molecular formula is C26H38O3. The van der Waals surface area contributed by atoms with E-state index in [1.807, 2.05) is 6.92 Å². The maximum Gasteiger partial charge on any atom is 0.309 e. The first-order valence-corrected chi connectivity index (χ1v) is 11.7. The molecule has 4 aliphatic carbocycles. The van der Waals surface area contributed by atoms with Crippen LogP contribution >= 0.6 is 0 Å². The van der Waals surface area contributed by atoms with Crippen LogP contribution < -0.4 is 0 Å². The highest BCUT2D eigenvalue weighted by Crippen LogP contribution is 2.67. The van der Waals surface area contributed by atoms with Crippen LogP contribution in [0.5, 0.6) is 0 Å². The quantitative estimate of drug-likeness (QED) is 0.430. The number of carbonyl (C=O) groups is 2. The second-order valence-electron chi connectivity index (χ2n) is 10.9. The van der Waals surface area contributed by atoms with E-state index in [1.54, 1.807) is 0 Å². The fourth-order valence-corrected chi connectivity index (χ4v) is 7.83. The number of Topliss-reactive ketones (excluding diaryl/α,β-unsaturated/α-hetero) is 1. The van der Waals surface area contributed by atoms with Gasteiger partial charge in [0.15, 0.2) is 0 Å². The summed E-state index contributed by atoms with van der Waals surface area (Å²) in [6, 6.07) is 0. The van der Waals surface area contributed by atoms with Crippen molar-refractivity contribution >= 4 is 11.8 Å². The molecule has 0 N–H and O–H groups in total. The van der Waals surface area contributed by atoms with Gasteiger partial charge in [-0.25, -0.2) is 0 Å². The summed E-state index contributed by atoms with van der Waals surface area (Å²) in [6.07, 6.45) is 12.8. The molecule has 0 aliphatic heterocycles. The Morgan fingerprint density at radius 1 is 1.10 bits per heavy atom. The largest absolute Gasteiger partial charge is 0.466 e. The number of hydrogen-bond acceptors (Lipinski definition) is 3. The molecule has 3 saturated carbocycles. The smallest absolute Gasteiger partial charge is 0.309 e. The molecule has 0 amide bonds. The SMILES string of the molecule is CCOC(=O)CC=C1CC[C@H]2[C@@H]3CC=C4C(C)(C)C(=O)CC[C@]4(C)[C@H]3CC[C@]12C. The predicted octanol–water partition coefficient (Wildman–Crippen LogP) is 6.03. The van der Waals surface area contributed by atoms with Crippen molar-refractivity contribution in [3.05, 3.63) is 23.3 Å². The lowest BCUT2D eigenvalue weighted by atomic mass is 9.45. The highest BCUT2D eigenvalue weighted by Gasteiger charge is 2.59. The summed E-state index contributed by atoms with van der Waals surface area (Å²) in [5.41, 5.74) is 3.04. The first-order valence-electron chi connectivity index (χ1n) is 11.7. The van der Waals surface area contributed by atoms with E-state index in [-0.39, 0.29) is 22.2 Å². The van der Waals surface area contributed by atoms with E-state index in [0.717, 1.165) is 25.7 Å². The summed E-state index contributed by atoms with van der Waals surface area (Å²) >= 11 is 0. The molecule has 5 atom stereocenters. The third kappa shape index (κ3) is 3.06. The molecule has 0 spiro atoms. The molecule has 3 nitrogen and oxygen atoms in total. The van der Waals surface area contributed by atoms with Crippen LogP contribution in [0.15, 0.2) is 23.3 Å². The fraction of sp³-hybridized carbons (Fsp3) is 0.769. The number of ketones is 1. The van der Waals surface area contributed by atoms with E-state index >= 15 is 0 Å². The van der Waals surface area contributed by atoms with Crippen molar-refractivity contribution in [2.45, 2.75) is 86.0 Å². The van der Waals surface area contributed by atoms with Gasteiger partial charge in [-0.1, -0.05) is 37.1 Å². The van der Waals surface area contributed by atoms with E-state index in [4.69, 9.17) is 4.74 Å². The average Bonchev–Trinajstić information content (AvgIpc) is 3.00. The predicted molar refractivity (Wildman–Crippen MR) is 115 cm³/mol. The summed E-state index contributed by atoms with van der Waals surface area (Å²) in [6.45, 7) is 11.5. The van der Waals surface area contributed by atoms with Crippen LogP contribution in [0.3, 0.4) is 0 Å². The van der Waals surface area contributed by atoms with Crippen molar-refractivity contribution in [1.29, 1.82) is 0 Å². The Kier molecular flexibility index (Phi) is 5.11. The lowest BCUT2D eigenvalue weighted by Gasteiger charge is -2.59. The molecular weight excluding hydrogens is 360 g/mol. The lowest BCUT2D eigenvalue weighted by Crippen LogP contribution is -2.53. The Balaban J connectivity index is 1.61. The number of rotatable bonds is 3. The van der Waals surface area contributed by atoms with Crippen LogP contribution in [0.1, 0.15) is 86.0 Å². The minimum Gasteiger partial charge on any atom is -0.466 e. The van der Waals surface area contributed by atoms with Gasteiger partial charge in [-0.2, -0.15) is 0 Å². The van der Waals surface area contributed by atoms with Gasteiger partial charge in [-0.3, -0.25) is 9.59 Å². The number of allylic oxidation sites excluding steroid dienone is 3. The van der Waals surface area contributed by atoms with Gasteiger partial charge in [-0.05, 0) is 87.9 Å². The summed E-state index contributed by atoms with van der Waals surface area (Å²) in [5, 5.41) is 0. The topological polar surface area (TPSA) is 43.4 Å². The Hall–Kier alpha value is -1.38. The summed E-state index contributed by atoms with van der Waals surface area (Å²) in [5.74, 6) is 2.42. The zero-order chi connectivity index (χ0) is 21.0. The Bertz CT molecular complexity index is 773. The van der Waals surface area contributed by atoms with Gasteiger partial charge in [0.2, 0.25) is 0 Å². The van der Waals surface area contributed by atoms with E-state index in [1.165, 1.54) is 30.4 Å². The maximum atomic E-state index is 12.6. The van der Waals surface area contributed by atoms with Crippen LogP contribution in [-0.2, 0) is 14.3 Å². The van der Waals surface area contributed by atoms with E-state index in [2.05, 4.69) is 39.8 Å². The molecule has 0 aromatic rings. The van der Waals surface area contributed by atoms with E-state index in [9.17, 15) is 9.59 Å².